The number of fused-ring (bicyclic) bond motifs is 3. The highest BCUT2D eigenvalue weighted by molar-refractivity contribution is 6.31. The molecule has 0 saturated heterocycles. The van der Waals surface area contributed by atoms with E-state index in [0.717, 1.165) is 38.3 Å². The quantitative estimate of drug-likeness (QED) is 0.271. The van der Waals surface area contributed by atoms with Crippen molar-refractivity contribution in [3.8, 4) is 11.3 Å². The van der Waals surface area contributed by atoms with Crippen LogP contribution in [0, 0.1) is 5.21 Å². The second-order valence-electron chi connectivity index (χ2n) is 9.09. The Morgan fingerprint density at radius 3 is 2.64 bits per heavy atom. The largest absolute Gasteiger partial charge is 0.618 e. The van der Waals surface area contributed by atoms with E-state index in [0.29, 0.717) is 16.5 Å². The summed E-state index contributed by atoms with van der Waals surface area (Å²) >= 11 is 6.26. The fraction of sp³-hybridized carbons (Fsp3) is 0.200. The zero-order valence-electron chi connectivity index (χ0n) is 18.8. The number of anilines is 2. The predicted octanol–water partition coefficient (Wildman–Crippen LogP) is 5.30. The second kappa shape index (κ2) is 7.71. The first-order chi connectivity index (χ1) is 15.7. The molecular weight excluding hydrogens is 436 g/mol. The number of hydrogen-bond donors (Lipinski definition) is 0. The van der Waals surface area contributed by atoms with Crippen molar-refractivity contribution >= 4 is 39.8 Å². The third-order valence-electron chi connectivity index (χ3n) is 5.82. The summed E-state index contributed by atoms with van der Waals surface area (Å²) in [5.41, 5.74) is 4.07. The van der Waals surface area contributed by atoms with Gasteiger partial charge in [-0.1, -0.05) is 38.4 Å². The minimum Gasteiger partial charge on any atom is -0.618 e. The third kappa shape index (κ3) is 3.74. The van der Waals surface area contributed by atoms with Crippen LogP contribution in [0.2, 0.25) is 5.02 Å². The van der Waals surface area contributed by atoms with Gasteiger partial charge in [-0.25, -0.2) is 0 Å². The summed E-state index contributed by atoms with van der Waals surface area (Å²) in [6.45, 7) is 6.27. The van der Waals surface area contributed by atoms with Crippen molar-refractivity contribution in [2.45, 2.75) is 26.2 Å². The second-order valence-corrected chi connectivity index (χ2v) is 9.52. The van der Waals surface area contributed by atoms with Gasteiger partial charge in [0.05, 0.1) is 5.52 Å². The van der Waals surface area contributed by atoms with Crippen molar-refractivity contribution in [1.29, 1.82) is 0 Å². The van der Waals surface area contributed by atoms with Gasteiger partial charge < -0.3 is 10.1 Å². The standard InChI is InChI=1S/C25H23ClN6O/c1-25(2,3)17-8-11-21(32(33)14-17)16-6-5-7-19(12-16)30(4)23-20-10-9-18(26)13-22(20)31-15-27-29-24(31)28-23/h5-15H,1-4H3. The summed E-state index contributed by atoms with van der Waals surface area (Å²) in [5, 5.41) is 22.5. The van der Waals surface area contributed by atoms with Gasteiger partial charge in [0.25, 0.3) is 5.78 Å². The molecule has 0 unspecified atom stereocenters. The topological polar surface area (TPSA) is 73.3 Å². The minimum absolute atomic E-state index is 0.0945. The lowest BCUT2D eigenvalue weighted by molar-refractivity contribution is -0.594. The smallest absolute Gasteiger partial charge is 0.257 e. The molecule has 0 bridgehead atoms. The van der Waals surface area contributed by atoms with E-state index >= 15 is 0 Å². The van der Waals surface area contributed by atoms with E-state index in [-0.39, 0.29) is 5.41 Å². The number of benzene rings is 2. The van der Waals surface area contributed by atoms with Gasteiger partial charge in [-0.3, -0.25) is 4.40 Å². The molecule has 7 nitrogen and oxygen atoms in total. The fourth-order valence-corrected chi connectivity index (χ4v) is 4.09. The van der Waals surface area contributed by atoms with Crippen LogP contribution in [0.5, 0.6) is 0 Å². The highest BCUT2D eigenvalue weighted by Crippen LogP contribution is 2.33. The molecule has 0 N–H and O–H groups in total. The van der Waals surface area contributed by atoms with E-state index in [4.69, 9.17) is 16.6 Å². The molecule has 166 valence electrons. The Balaban J connectivity index is 1.60. The summed E-state index contributed by atoms with van der Waals surface area (Å²) in [5.74, 6) is 1.20. The number of halogens is 1. The first-order valence-corrected chi connectivity index (χ1v) is 11.0. The van der Waals surface area contributed by atoms with Crippen LogP contribution in [0.1, 0.15) is 26.3 Å². The third-order valence-corrected chi connectivity index (χ3v) is 6.06. The molecular formula is C25H23ClN6O. The Kier molecular flexibility index (Phi) is 4.94. The normalized spacial score (nSPS) is 11.9. The Labute approximate surface area is 196 Å². The lowest BCUT2D eigenvalue weighted by Crippen LogP contribution is -2.31. The minimum atomic E-state index is -0.0945. The average Bonchev–Trinajstić information content (AvgIpc) is 3.26. The summed E-state index contributed by atoms with van der Waals surface area (Å²) in [7, 11) is 1.94. The van der Waals surface area contributed by atoms with Crippen molar-refractivity contribution in [3.63, 3.8) is 0 Å². The van der Waals surface area contributed by atoms with Gasteiger partial charge in [0.15, 0.2) is 6.20 Å². The molecule has 8 heteroatoms. The van der Waals surface area contributed by atoms with Gasteiger partial charge in [-0.15, -0.1) is 10.2 Å². The maximum atomic E-state index is 12.8. The molecule has 5 rings (SSSR count). The molecule has 0 aliphatic heterocycles. The summed E-state index contributed by atoms with van der Waals surface area (Å²) in [6.07, 6.45) is 3.28. The van der Waals surface area contributed by atoms with Gasteiger partial charge in [-0.2, -0.15) is 9.71 Å². The van der Waals surface area contributed by atoms with Crippen molar-refractivity contribution in [2.24, 2.45) is 0 Å². The first kappa shape index (κ1) is 21.2. The molecule has 0 spiro atoms. The molecule has 0 amide bonds. The van der Waals surface area contributed by atoms with Crippen molar-refractivity contribution < 1.29 is 4.73 Å². The van der Waals surface area contributed by atoms with E-state index in [9.17, 15) is 5.21 Å². The highest BCUT2D eigenvalue weighted by atomic mass is 35.5. The fourth-order valence-electron chi connectivity index (χ4n) is 3.92. The van der Waals surface area contributed by atoms with Gasteiger partial charge in [0, 0.05) is 40.3 Å². The Bertz CT molecular complexity index is 1500. The molecule has 0 fully saturated rings. The molecule has 3 aromatic heterocycles. The first-order valence-electron chi connectivity index (χ1n) is 10.6. The predicted molar refractivity (Wildman–Crippen MR) is 131 cm³/mol. The average molecular weight is 459 g/mol. The van der Waals surface area contributed by atoms with Crippen LogP contribution in [0.15, 0.2) is 67.1 Å². The Hall–Kier alpha value is -3.71. The van der Waals surface area contributed by atoms with E-state index in [1.54, 1.807) is 12.5 Å². The maximum Gasteiger partial charge on any atom is 0.257 e. The van der Waals surface area contributed by atoms with Crippen LogP contribution >= 0.6 is 11.6 Å². The molecule has 5 aromatic rings. The van der Waals surface area contributed by atoms with Crippen LogP contribution in [0.4, 0.5) is 11.5 Å². The van der Waals surface area contributed by atoms with E-state index in [1.807, 2.05) is 70.9 Å². The molecule has 0 saturated carbocycles. The molecule has 3 heterocycles. The lowest BCUT2D eigenvalue weighted by atomic mass is 9.88. The number of pyridine rings is 1. The van der Waals surface area contributed by atoms with Gasteiger partial charge in [0.1, 0.15) is 12.1 Å². The maximum absolute atomic E-state index is 12.8. The van der Waals surface area contributed by atoms with Gasteiger partial charge >= 0.3 is 0 Å². The van der Waals surface area contributed by atoms with Crippen molar-refractivity contribution in [1.82, 2.24) is 19.6 Å². The number of nitrogens with zero attached hydrogens (tertiary/aromatic N) is 6. The van der Waals surface area contributed by atoms with Crippen LogP contribution in [-0.4, -0.2) is 26.6 Å². The Morgan fingerprint density at radius 2 is 1.88 bits per heavy atom. The van der Waals surface area contributed by atoms with Gasteiger partial charge in [-0.05, 0) is 47.9 Å². The van der Waals surface area contributed by atoms with Gasteiger partial charge in [0.2, 0.25) is 5.69 Å². The van der Waals surface area contributed by atoms with Crippen LogP contribution in [0.3, 0.4) is 0 Å². The number of aromatic nitrogens is 5. The summed E-state index contributed by atoms with van der Waals surface area (Å²) < 4.78 is 2.75. The zero-order chi connectivity index (χ0) is 23.3. The summed E-state index contributed by atoms with van der Waals surface area (Å²) in [6, 6.07) is 17.4. The van der Waals surface area contributed by atoms with E-state index in [2.05, 4.69) is 31.0 Å². The van der Waals surface area contributed by atoms with E-state index in [1.165, 1.54) is 0 Å². The van der Waals surface area contributed by atoms with Crippen molar-refractivity contribution in [3.05, 3.63) is 82.9 Å². The lowest BCUT2D eigenvalue weighted by Gasteiger charge is -2.21. The molecule has 0 radical (unpaired) electrons. The summed E-state index contributed by atoms with van der Waals surface area (Å²) in [4.78, 5) is 6.71. The molecule has 33 heavy (non-hydrogen) atoms. The van der Waals surface area contributed by atoms with Crippen LogP contribution in [0.25, 0.3) is 27.9 Å². The number of rotatable bonds is 3. The monoisotopic (exact) mass is 458 g/mol. The van der Waals surface area contributed by atoms with E-state index < -0.39 is 0 Å². The molecule has 0 aliphatic rings. The molecule has 2 aromatic carbocycles. The molecule has 0 atom stereocenters. The Morgan fingerprint density at radius 1 is 1.06 bits per heavy atom. The highest BCUT2D eigenvalue weighted by Gasteiger charge is 2.20. The van der Waals surface area contributed by atoms with Crippen LogP contribution in [-0.2, 0) is 5.41 Å². The zero-order valence-corrected chi connectivity index (χ0v) is 19.6. The van der Waals surface area contributed by atoms with Crippen molar-refractivity contribution in [2.75, 3.05) is 11.9 Å². The molecule has 0 aliphatic carbocycles. The SMILES string of the molecule is CN(c1cccc(-c2ccc(C(C)(C)C)c[n+]2[O-])c1)c1nc2nncn2c2cc(Cl)ccc12. The van der Waals surface area contributed by atoms with Crippen LogP contribution < -0.4 is 9.63 Å². The number of hydrogen-bond acceptors (Lipinski definition) is 5.